The van der Waals surface area contributed by atoms with Crippen LogP contribution in [0.2, 0.25) is 0 Å². The van der Waals surface area contributed by atoms with Crippen LogP contribution >= 0.6 is 0 Å². The molecular weight excluding hydrogens is 126 g/mol. The molecule has 1 aliphatic heterocycles. The molecule has 1 aliphatic carbocycles. The minimum atomic E-state index is -0.00579. The molecule has 1 saturated carbocycles. The van der Waals surface area contributed by atoms with Gasteiger partial charge in [0.2, 0.25) is 0 Å². The minimum absolute atomic E-state index is 0.00579. The van der Waals surface area contributed by atoms with E-state index in [2.05, 4.69) is 5.32 Å². The predicted molar refractivity (Wildman–Crippen MR) is 39.7 cm³/mol. The maximum Gasteiger partial charge on any atom is 0.0583 e. The molecule has 2 rings (SSSR count). The van der Waals surface area contributed by atoms with Crippen LogP contribution in [0, 0.1) is 11.8 Å². The summed E-state index contributed by atoms with van der Waals surface area (Å²) in [6.45, 7) is 2.19. The smallest absolute Gasteiger partial charge is 0.0583 e. The Labute approximate surface area is 61.6 Å². The lowest BCUT2D eigenvalue weighted by Gasteiger charge is -2.28. The van der Waals surface area contributed by atoms with Crippen LogP contribution in [0.15, 0.2) is 0 Å². The van der Waals surface area contributed by atoms with E-state index in [4.69, 9.17) is 0 Å². The molecule has 3 atom stereocenters. The molecule has 1 saturated heterocycles. The largest absolute Gasteiger partial charge is 0.393 e. The molecule has 1 heterocycles. The van der Waals surface area contributed by atoms with Gasteiger partial charge in [0.25, 0.3) is 0 Å². The summed E-state index contributed by atoms with van der Waals surface area (Å²) in [5, 5.41) is 12.9. The Balaban J connectivity index is 2.03. The van der Waals surface area contributed by atoms with Crippen molar-refractivity contribution in [1.29, 1.82) is 0 Å². The minimum Gasteiger partial charge on any atom is -0.393 e. The molecule has 2 fully saturated rings. The average Bonchev–Trinajstić information content (AvgIpc) is 2.36. The summed E-state index contributed by atoms with van der Waals surface area (Å²) < 4.78 is 0. The van der Waals surface area contributed by atoms with Crippen molar-refractivity contribution >= 4 is 0 Å². The van der Waals surface area contributed by atoms with Gasteiger partial charge in [-0.05, 0) is 25.3 Å². The fraction of sp³-hybridized carbons (Fsp3) is 1.00. The summed E-state index contributed by atoms with van der Waals surface area (Å²) in [6.07, 6.45) is 3.58. The van der Waals surface area contributed by atoms with Gasteiger partial charge in [0.05, 0.1) is 6.10 Å². The summed E-state index contributed by atoms with van der Waals surface area (Å²) in [5.74, 6) is 1.36. The zero-order valence-corrected chi connectivity index (χ0v) is 6.21. The van der Waals surface area contributed by atoms with Crippen molar-refractivity contribution in [3.8, 4) is 0 Å². The SMILES string of the molecule is O[C@H]1CCC[C@@H]2CNC[C@@H]21. The van der Waals surface area contributed by atoms with E-state index in [-0.39, 0.29) is 6.10 Å². The van der Waals surface area contributed by atoms with E-state index in [9.17, 15) is 5.11 Å². The van der Waals surface area contributed by atoms with Crippen LogP contribution in [0.4, 0.5) is 0 Å². The van der Waals surface area contributed by atoms with E-state index in [1.807, 2.05) is 0 Å². The summed E-state index contributed by atoms with van der Waals surface area (Å²) in [4.78, 5) is 0. The van der Waals surface area contributed by atoms with Crippen molar-refractivity contribution in [2.24, 2.45) is 11.8 Å². The number of nitrogens with one attached hydrogen (secondary N) is 1. The first-order valence-electron chi connectivity index (χ1n) is 4.26. The highest BCUT2D eigenvalue weighted by molar-refractivity contribution is 4.89. The molecule has 0 aromatic carbocycles. The van der Waals surface area contributed by atoms with Crippen molar-refractivity contribution in [1.82, 2.24) is 5.32 Å². The third kappa shape index (κ3) is 0.956. The van der Waals surface area contributed by atoms with Crippen molar-refractivity contribution < 1.29 is 5.11 Å². The first-order chi connectivity index (χ1) is 4.88. The molecule has 0 spiro atoms. The van der Waals surface area contributed by atoms with E-state index in [1.54, 1.807) is 0 Å². The summed E-state index contributed by atoms with van der Waals surface area (Å²) in [5.41, 5.74) is 0. The lowest BCUT2D eigenvalue weighted by molar-refractivity contribution is 0.0563. The number of aliphatic hydroxyl groups excluding tert-OH is 1. The van der Waals surface area contributed by atoms with Crippen molar-refractivity contribution in [2.75, 3.05) is 13.1 Å². The van der Waals surface area contributed by atoms with Gasteiger partial charge in [0.1, 0.15) is 0 Å². The molecule has 0 radical (unpaired) electrons. The Morgan fingerprint density at radius 1 is 1.20 bits per heavy atom. The molecule has 2 N–H and O–H groups in total. The van der Waals surface area contributed by atoms with Crippen LogP contribution in [0.25, 0.3) is 0 Å². The standard InChI is InChI=1S/C8H15NO/c10-8-3-1-2-6-4-9-5-7(6)8/h6-10H,1-5H2/t6-,7+,8+/m1/s1. The number of hydrogen-bond acceptors (Lipinski definition) is 2. The molecule has 0 bridgehead atoms. The van der Waals surface area contributed by atoms with E-state index >= 15 is 0 Å². The zero-order valence-electron chi connectivity index (χ0n) is 6.21. The third-order valence-electron chi connectivity index (χ3n) is 2.96. The lowest BCUT2D eigenvalue weighted by Crippen LogP contribution is -2.31. The zero-order chi connectivity index (χ0) is 6.97. The number of rotatable bonds is 0. The molecule has 2 nitrogen and oxygen atoms in total. The van der Waals surface area contributed by atoms with Gasteiger partial charge in [-0.3, -0.25) is 0 Å². The van der Waals surface area contributed by atoms with E-state index in [0.717, 1.165) is 25.4 Å². The van der Waals surface area contributed by atoms with Crippen molar-refractivity contribution in [3.05, 3.63) is 0 Å². The molecule has 10 heavy (non-hydrogen) atoms. The van der Waals surface area contributed by atoms with Crippen LogP contribution < -0.4 is 5.32 Å². The summed E-state index contributed by atoms with van der Waals surface area (Å²) in [6, 6.07) is 0. The van der Waals surface area contributed by atoms with Gasteiger partial charge in [0.15, 0.2) is 0 Å². The lowest BCUT2D eigenvalue weighted by atomic mass is 9.80. The van der Waals surface area contributed by atoms with Gasteiger partial charge in [-0.25, -0.2) is 0 Å². The van der Waals surface area contributed by atoms with Gasteiger partial charge in [-0.15, -0.1) is 0 Å². The molecule has 0 unspecified atom stereocenters. The Morgan fingerprint density at radius 3 is 2.90 bits per heavy atom. The third-order valence-corrected chi connectivity index (χ3v) is 2.96. The predicted octanol–water partition coefficient (Wildman–Crippen LogP) is 0.367. The second-order valence-corrected chi connectivity index (χ2v) is 3.58. The van der Waals surface area contributed by atoms with E-state index < -0.39 is 0 Å². The second kappa shape index (κ2) is 2.51. The first kappa shape index (κ1) is 6.62. The molecule has 2 heteroatoms. The van der Waals surface area contributed by atoms with Gasteiger partial charge < -0.3 is 10.4 Å². The molecule has 2 aliphatic rings. The highest BCUT2D eigenvalue weighted by Crippen LogP contribution is 2.32. The first-order valence-corrected chi connectivity index (χ1v) is 4.26. The number of fused-ring (bicyclic) bond motifs is 1. The fourth-order valence-corrected chi connectivity index (χ4v) is 2.32. The maximum atomic E-state index is 9.54. The summed E-state index contributed by atoms with van der Waals surface area (Å²) >= 11 is 0. The number of hydrogen-bond donors (Lipinski definition) is 2. The Kier molecular flexibility index (Phi) is 1.66. The van der Waals surface area contributed by atoms with Crippen molar-refractivity contribution in [2.45, 2.75) is 25.4 Å². The normalized spacial score (nSPS) is 47.1. The van der Waals surface area contributed by atoms with Gasteiger partial charge >= 0.3 is 0 Å². The highest BCUT2D eigenvalue weighted by Gasteiger charge is 2.35. The van der Waals surface area contributed by atoms with Gasteiger partial charge in [-0.2, -0.15) is 0 Å². The van der Waals surface area contributed by atoms with E-state index in [0.29, 0.717) is 5.92 Å². The molecule has 0 aromatic rings. The second-order valence-electron chi connectivity index (χ2n) is 3.58. The Bertz CT molecular complexity index is 126. The van der Waals surface area contributed by atoms with Crippen LogP contribution in [-0.2, 0) is 0 Å². The monoisotopic (exact) mass is 141 g/mol. The van der Waals surface area contributed by atoms with Crippen molar-refractivity contribution in [3.63, 3.8) is 0 Å². The average molecular weight is 141 g/mol. The van der Waals surface area contributed by atoms with Gasteiger partial charge in [-0.1, -0.05) is 6.42 Å². The molecule has 0 amide bonds. The van der Waals surface area contributed by atoms with Crippen LogP contribution in [0.3, 0.4) is 0 Å². The fourth-order valence-electron chi connectivity index (χ4n) is 2.32. The topological polar surface area (TPSA) is 32.3 Å². The maximum absolute atomic E-state index is 9.54. The van der Waals surface area contributed by atoms with Gasteiger partial charge in [0, 0.05) is 12.5 Å². The highest BCUT2D eigenvalue weighted by atomic mass is 16.3. The Hall–Kier alpha value is -0.0800. The molecule has 58 valence electrons. The Morgan fingerprint density at radius 2 is 2.10 bits per heavy atom. The summed E-state index contributed by atoms with van der Waals surface area (Å²) in [7, 11) is 0. The number of aliphatic hydroxyl groups is 1. The quantitative estimate of drug-likeness (QED) is 0.510. The molecular formula is C8H15NO. The van der Waals surface area contributed by atoms with Crippen LogP contribution in [-0.4, -0.2) is 24.3 Å². The van der Waals surface area contributed by atoms with E-state index in [1.165, 1.54) is 12.8 Å². The van der Waals surface area contributed by atoms with Crippen LogP contribution in [0.1, 0.15) is 19.3 Å². The molecule has 0 aromatic heterocycles. The van der Waals surface area contributed by atoms with Crippen LogP contribution in [0.5, 0.6) is 0 Å².